The van der Waals surface area contributed by atoms with Crippen LogP contribution in [0.3, 0.4) is 0 Å². The summed E-state index contributed by atoms with van der Waals surface area (Å²) >= 11 is 0. The molecule has 4 atom stereocenters. The molecule has 0 aromatic rings. The summed E-state index contributed by atoms with van der Waals surface area (Å²) in [7, 11) is -1.77. The third-order valence-corrected chi connectivity index (χ3v) is 3.34. The first-order valence-electron chi connectivity index (χ1n) is 6.61. The van der Waals surface area contributed by atoms with E-state index in [1.165, 1.54) is 7.11 Å². The van der Waals surface area contributed by atoms with Gasteiger partial charge in [0.15, 0.2) is 0 Å². The van der Waals surface area contributed by atoms with Crippen LogP contribution in [0, 0.1) is 0 Å². The summed E-state index contributed by atoms with van der Waals surface area (Å²) in [6, 6.07) is -0.428. The molecule has 0 saturated carbocycles. The molecule has 18 heavy (non-hydrogen) atoms. The van der Waals surface area contributed by atoms with Crippen molar-refractivity contribution in [2.24, 2.45) is 0 Å². The SMILES string of the molecule is [2H]/C(=C(/[2H])P(=O)(O)OC)[C@H]1OC[C@H](OC)[C@@H]1OC(C)C. The monoisotopic (exact) mass is 282 g/mol. The minimum Gasteiger partial charge on any atom is -0.376 e. The molecule has 0 aromatic heterocycles. The van der Waals surface area contributed by atoms with Crippen LogP contribution in [0.25, 0.3) is 0 Å². The van der Waals surface area contributed by atoms with E-state index < -0.39 is 37.8 Å². The van der Waals surface area contributed by atoms with Crippen molar-refractivity contribution in [1.29, 1.82) is 0 Å². The molecule has 1 heterocycles. The van der Waals surface area contributed by atoms with Gasteiger partial charge in [-0.15, -0.1) is 0 Å². The third kappa shape index (κ3) is 4.46. The van der Waals surface area contributed by atoms with Crippen molar-refractivity contribution < 1.29 is 30.9 Å². The van der Waals surface area contributed by atoms with E-state index in [1.54, 1.807) is 0 Å². The van der Waals surface area contributed by atoms with Crippen LogP contribution in [0.15, 0.2) is 11.8 Å². The first-order valence-corrected chi connectivity index (χ1v) is 7.18. The lowest BCUT2D eigenvalue weighted by Crippen LogP contribution is -2.35. The van der Waals surface area contributed by atoms with Crippen molar-refractivity contribution in [2.75, 3.05) is 20.8 Å². The first-order chi connectivity index (χ1) is 9.24. The van der Waals surface area contributed by atoms with Crippen molar-refractivity contribution in [3.05, 3.63) is 11.8 Å². The van der Waals surface area contributed by atoms with Gasteiger partial charge in [0.25, 0.3) is 0 Å². The Bertz CT molecular complexity index is 414. The summed E-state index contributed by atoms with van der Waals surface area (Å²) in [5, 5.41) is 0. The van der Waals surface area contributed by atoms with E-state index in [0.717, 1.165) is 7.11 Å². The molecule has 1 N–H and O–H groups in total. The van der Waals surface area contributed by atoms with Crippen molar-refractivity contribution in [3.8, 4) is 0 Å². The molecular weight excluding hydrogens is 259 g/mol. The third-order valence-electron chi connectivity index (χ3n) is 2.43. The van der Waals surface area contributed by atoms with Gasteiger partial charge in [0.05, 0.1) is 15.5 Å². The molecule has 106 valence electrons. The normalized spacial score (nSPS) is 34.9. The van der Waals surface area contributed by atoms with Crippen molar-refractivity contribution in [2.45, 2.75) is 38.3 Å². The van der Waals surface area contributed by atoms with E-state index >= 15 is 0 Å². The minimum absolute atomic E-state index is 0.132. The molecule has 0 aliphatic carbocycles. The molecule has 0 radical (unpaired) electrons. The Kier molecular flexibility index (Phi) is 4.83. The zero-order chi connectivity index (χ0) is 15.5. The molecule has 1 rings (SSSR count). The van der Waals surface area contributed by atoms with Crippen LogP contribution in [-0.2, 0) is 23.3 Å². The van der Waals surface area contributed by atoms with Crippen LogP contribution in [0.4, 0.5) is 0 Å². The maximum absolute atomic E-state index is 11.6. The van der Waals surface area contributed by atoms with Crippen LogP contribution in [0.1, 0.15) is 16.6 Å². The van der Waals surface area contributed by atoms with Gasteiger partial charge in [-0.2, -0.15) is 0 Å². The van der Waals surface area contributed by atoms with Gasteiger partial charge in [-0.25, -0.2) is 0 Å². The summed E-state index contributed by atoms with van der Waals surface area (Å²) < 4.78 is 47.7. The van der Waals surface area contributed by atoms with E-state index in [2.05, 4.69) is 4.52 Å². The van der Waals surface area contributed by atoms with Crippen LogP contribution < -0.4 is 0 Å². The van der Waals surface area contributed by atoms with Crippen molar-refractivity contribution in [1.82, 2.24) is 0 Å². The first kappa shape index (κ1) is 12.8. The molecule has 1 aliphatic heterocycles. The Labute approximate surface area is 110 Å². The summed E-state index contributed by atoms with van der Waals surface area (Å²) in [6.07, 6.45) is -2.06. The van der Waals surface area contributed by atoms with Crippen LogP contribution >= 0.6 is 7.60 Å². The predicted molar refractivity (Wildman–Crippen MR) is 66.5 cm³/mol. The summed E-state index contributed by atoms with van der Waals surface area (Å²) in [5.74, 6) is -0.792. The van der Waals surface area contributed by atoms with Gasteiger partial charge in [0.1, 0.15) is 18.3 Å². The highest BCUT2D eigenvalue weighted by Crippen LogP contribution is 2.42. The molecule has 0 spiro atoms. The van der Waals surface area contributed by atoms with Crippen LogP contribution in [-0.4, -0.2) is 50.1 Å². The zero-order valence-corrected chi connectivity index (χ0v) is 11.8. The number of ether oxygens (including phenoxy) is 3. The second-order valence-corrected chi connectivity index (χ2v) is 5.77. The number of hydrogen-bond acceptors (Lipinski definition) is 5. The quantitative estimate of drug-likeness (QED) is 0.745. The van der Waals surface area contributed by atoms with Crippen LogP contribution in [0.5, 0.6) is 0 Å². The topological polar surface area (TPSA) is 74.2 Å². The fourth-order valence-electron chi connectivity index (χ4n) is 1.57. The second-order valence-electron chi connectivity index (χ2n) is 4.14. The molecule has 7 heteroatoms. The van der Waals surface area contributed by atoms with Crippen LogP contribution in [0.2, 0.25) is 0 Å². The Morgan fingerprint density at radius 3 is 2.72 bits per heavy atom. The van der Waals surface area contributed by atoms with Crippen molar-refractivity contribution >= 4 is 7.60 Å². The summed E-state index contributed by atoms with van der Waals surface area (Å²) in [6.45, 7) is 3.84. The number of rotatable bonds is 6. The molecule has 6 nitrogen and oxygen atoms in total. The number of methoxy groups -OCH3 is 1. The lowest BCUT2D eigenvalue weighted by Gasteiger charge is -2.23. The van der Waals surface area contributed by atoms with Gasteiger partial charge in [0.2, 0.25) is 0 Å². The lowest BCUT2D eigenvalue weighted by atomic mass is 10.1. The highest BCUT2D eigenvalue weighted by molar-refractivity contribution is 7.56. The smallest absolute Gasteiger partial charge is 0.351 e. The van der Waals surface area contributed by atoms with Gasteiger partial charge in [-0.3, -0.25) is 4.57 Å². The van der Waals surface area contributed by atoms with Crippen molar-refractivity contribution in [3.63, 3.8) is 0 Å². The van der Waals surface area contributed by atoms with E-state index in [1.807, 2.05) is 13.8 Å². The Morgan fingerprint density at radius 1 is 1.56 bits per heavy atom. The maximum Gasteiger partial charge on any atom is 0.351 e. The molecule has 0 amide bonds. The van der Waals surface area contributed by atoms with E-state index in [0.29, 0.717) is 0 Å². The molecular formula is C11H21O6P. The largest absolute Gasteiger partial charge is 0.376 e. The standard InChI is InChI=1S/C11H21O6P/c1-8(2)17-11-9(16-7-10(11)14-3)5-6-18(12,13)15-4/h5-6,8-11H,7H2,1-4H3,(H,12,13)/b6-5+/t9-,10+,11-/m1/s1/i5D,6D. The van der Waals surface area contributed by atoms with Gasteiger partial charge < -0.3 is 23.6 Å². The molecule has 1 unspecified atom stereocenters. The molecule has 0 aromatic carbocycles. The van der Waals surface area contributed by atoms with E-state index in [-0.39, 0.29) is 12.7 Å². The Hall–Kier alpha value is -0.230. The summed E-state index contributed by atoms with van der Waals surface area (Å²) in [4.78, 5) is 9.45. The summed E-state index contributed by atoms with van der Waals surface area (Å²) in [5.41, 5.74) is 0. The van der Waals surface area contributed by atoms with Gasteiger partial charge in [-0.05, 0) is 19.9 Å². The fourth-order valence-corrected chi connectivity index (χ4v) is 1.95. The van der Waals surface area contributed by atoms with E-state index in [9.17, 15) is 9.46 Å². The van der Waals surface area contributed by atoms with E-state index in [4.69, 9.17) is 17.0 Å². The minimum atomic E-state index is -4.28. The predicted octanol–water partition coefficient (Wildman–Crippen LogP) is 1.54. The van der Waals surface area contributed by atoms with Gasteiger partial charge in [0, 0.05) is 20.0 Å². The maximum atomic E-state index is 11.6. The second kappa shape index (κ2) is 6.80. The average Bonchev–Trinajstić information content (AvgIpc) is 2.78. The molecule has 1 fully saturated rings. The lowest BCUT2D eigenvalue weighted by molar-refractivity contribution is -0.0659. The molecule has 1 aliphatic rings. The average molecular weight is 282 g/mol. The fraction of sp³-hybridized carbons (Fsp3) is 0.818. The Morgan fingerprint density at radius 2 is 2.22 bits per heavy atom. The molecule has 1 saturated heterocycles. The van der Waals surface area contributed by atoms with Gasteiger partial charge in [-0.1, -0.05) is 0 Å². The number of hydrogen-bond donors (Lipinski definition) is 1. The highest BCUT2D eigenvalue weighted by atomic mass is 31.2. The zero-order valence-electron chi connectivity index (χ0n) is 13.0. The van der Waals surface area contributed by atoms with Gasteiger partial charge >= 0.3 is 7.60 Å². The highest BCUT2D eigenvalue weighted by Gasteiger charge is 2.38. The Balaban J connectivity index is 3.04. The molecule has 0 bridgehead atoms.